The summed E-state index contributed by atoms with van der Waals surface area (Å²) in [4.78, 5) is 12.8. The first-order chi connectivity index (χ1) is 13.1. The summed E-state index contributed by atoms with van der Waals surface area (Å²) in [6.45, 7) is 7.59. The Balaban J connectivity index is 1.78. The minimum Gasteiger partial charge on any atom is -0.487 e. The van der Waals surface area contributed by atoms with Gasteiger partial charge in [0.1, 0.15) is 11.4 Å². The van der Waals surface area contributed by atoms with Crippen LogP contribution in [0.15, 0.2) is 42.5 Å². The minimum absolute atomic E-state index is 0.00629. The van der Waals surface area contributed by atoms with Crippen molar-refractivity contribution in [1.82, 2.24) is 5.32 Å². The van der Waals surface area contributed by atoms with E-state index in [1.165, 1.54) is 0 Å². The lowest BCUT2D eigenvalue weighted by molar-refractivity contribution is 0.0619. The predicted octanol–water partition coefficient (Wildman–Crippen LogP) is 3.79. The summed E-state index contributed by atoms with van der Waals surface area (Å²) in [6, 6.07) is 12.2. The van der Waals surface area contributed by atoms with Gasteiger partial charge in [-0.15, -0.1) is 0 Å². The molecule has 2 aromatic rings. The lowest BCUT2D eigenvalue weighted by Crippen LogP contribution is -2.41. The zero-order valence-corrected chi connectivity index (χ0v) is 17.4. The normalized spacial score (nSPS) is 17.9. The first-order valence-corrected chi connectivity index (χ1v) is 10.9. The maximum atomic E-state index is 12.8. The first-order valence-electron chi connectivity index (χ1n) is 9.29. The molecule has 0 radical (unpaired) electrons. The average molecular weight is 403 g/mol. The highest BCUT2D eigenvalue weighted by Gasteiger charge is 2.34. The van der Waals surface area contributed by atoms with Crippen molar-refractivity contribution in [3.05, 3.63) is 59.2 Å². The SMILES string of the molecule is CCS(=O)(=O)Nc1ccc(C(=O)NC2CC(C)(C)Oc3cc(C)ccc32)cc1. The second-order valence-electron chi connectivity index (χ2n) is 7.72. The fourth-order valence-corrected chi connectivity index (χ4v) is 3.91. The number of fused-ring (bicyclic) bond motifs is 1. The molecule has 2 N–H and O–H groups in total. The van der Waals surface area contributed by atoms with Crippen LogP contribution in [0.1, 0.15) is 54.7 Å². The van der Waals surface area contributed by atoms with Gasteiger partial charge >= 0.3 is 0 Å². The number of nitrogens with one attached hydrogen (secondary N) is 2. The number of carbonyl (C=O) groups is 1. The highest BCUT2D eigenvalue weighted by molar-refractivity contribution is 7.92. The van der Waals surface area contributed by atoms with Crippen LogP contribution < -0.4 is 14.8 Å². The van der Waals surface area contributed by atoms with Gasteiger partial charge in [0.2, 0.25) is 10.0 Å². The molecule has 0 aromatic heterocycles. The number of hydrogen-bond donors (Lipinski definition) is 2. The van der Waals surface area contributed by atoms with E-state index in [2.05, 4.69) is 10.0 Å². The number of amides is 1. The van der Waals surface area contributed by atoms with Gasteiger partial charge in [0.15, 0.2) is 0 Å². The Morgan fingerprint density at radius 2 is 1.86 bits per heavy atom. The van der Waals surface area contributed by atoms with E-state index in [-0.39, 0.29) is 23.3 Å². The van der Waals surface area contributed by atoms with Crippen molar-refractivity contribution < 1.29 is 17.9 Å². The number of rotatable bonds is 5. The molecule has 0 saturated heterocycles. The Hall–Kier alpha value is -2.54. The molecular formula is C21H26N2O4S. The van der Waals surface area contributed by atoms with Crippen molar-refractivity contribution in [3.8, 4) is 5.75 Å². The van der Waals surface area contributed by atoms with Crippen molar-refractivity contribution >= 4 is 21.6 Å². The minimum atomic E-state index is -3.34. The predicted molar refractivity (Wildman–Crippen MR) is 110 cm³/mol. The summed E-state index contributed by atoms with van der Waals surface area (Å²) in [5.74, 6) is 0.582. The highest BCUT2D eigenvalue weighted by atomic mass is 32.2. The summed E-state index contributed by atoms with van der Waals surface area (Å²) in [5.41, 5.74) is 2.59. The summed E-state index contributed by atoms with van der Waals surface area (Å²) >= 11 is 0. The third-order valence-electron chi connectivity index (χ3n) is 4.73. The summed E-state index contributed by atoms with van der Waals surface area (Å²) in [6.07, 6.45) is 0.656. The third kappa shape index (κ3) is 4.65. The molecule has 1 aliphatic heterocycles. The summed E-state index contributed by atoms with van der Waals surface area (Å²) < 4.78 is 31.8. The molecule has 1 atom stereocenters. The Morgan fingerprint density at radius 1 is 1.18 bits per heavy atom. The van der Waals surface area contributed by atoms with Crippen LogP contribution >= 0.6 is 0 Å². The van der Waals surface area contributed by atoms with Gasteiger partial charge in [-0.2, -0.15) is 0 Å². The molecule has 150 valence electrons. The lowest BCUT2D eigenvalue weighted by atomic mass is 9.89. The summed E-state index contributed by atoms with van der Waals surface area (Å²) in [7, 11) is -3.34. The van der Waals surface area contributed by atoms with Crippen molar-refractivity contribution in [2.45, 2.75) is 45.8 Å². The van der Waals surface area contributed by atoms with Gasteiger partial charge in [0, 0.05) is 23.2 Å². The van der Waals surface area contributed by atoms with E-state index < -0.39 is 10.0 Å². The molecule has 1 unspecified atom stereocenters. The number of carbonyl (C=O) groups excluding carboxylic acids is 1. The maximum absolute atomic E-state index is 12.8. The van der Waals surface area contributed by atoms with Crippen LogP contribution in [-0.2, 0) is 10.0 Å². The van der Waals surface area contributed by atoms with Crippen LogP contribution in [-0.4, -0.2) is 25.7 Å². The van der Waals surface area contributed by atoms with Crippen LogP contribution in [0.3, 0.4) is 0 Å². The molecule has 0 bridgehead atoms. The fraction of sp³-hybridized carbons (Fsp3) is 0.381. The molecule has 0 fully saturated rings. The number of aryl methyl sites for hydroxylation is 1. The molecule has 0 spiro atoms. The van der Waals surface area contributed by atoms with Crippen molar-refractivity contribution in [2.75, 3.05) is 10.5 Å². The molecule has 1 aliphatic rings. The smallest absolute Gasteiger partial charge is 0.251 e. The van der Waals surface area contributed by atoms with Crippen LogP contribution in [0.5, 0.6) is 5.75 Å². The van der Waals surface area contributed by atoms with E-state index in [1.807, 2.05) is 39.0 Å². The van der Waals surface area contributed by atoms with E-state index in [1.54, 1.807) is 31.2 Å². The van der Waals surface area contributed by atoms with Crippen molar-refractivity contribution in [2.24, 2.45) is 0 Å². The second-order valence-corrected chi connectivity index (χ2v) is 9.73. The van der Waals surface area contributed by atoms with Gasteiger partial charge in [-0.05, 0) is 63.6 Å². The second kappa shape index (κ2) is 7.47. The van der Waals surface area contributed by atoms with Gasteiger partial charge in [0.25, 0.3) is 5.91 Å². The van der Waals surface area contributed by atoms with Crippen molar-refractivity contribution in [3.63, 3.8) is 0 Å². The molecule has 3 rings (SSSR count). The topological polar surface area (TPSA) is 84.5 Å². The van der Waals surface area contributed by atoms with Crippen LogP contribution in [0.2, 0.25) is 0 Å². The van der Waals surface area contributed by atoms with Crippen LogP contribution in [0, 0.1) is 6.92 Å². The summed E-state index contributed by atoms with van der Waals surface area (Å²) in [5, 5.41) is 3.09. The van der Waals surface area contributed by atoms with E-state index in [9.17, 15) is 13.2 Å². The number of hydrogen-bond acceptors (Lipinski definition) is 4. The van der Waals surface area contributed by atoms with E-state index in [4.69, 9.17) is 4.74 Å². The standard InChI is InChI=1S/C21H26N2O4S/c1-5-28(25,26)23-16-9-7-15(8-10-16)20(24)22-18-13-21(3,4)27-19-12-14(2)6-11-17(18)19/h6-12,18,23H,5,13H2,1-4H3,(H,22,24). The molecule has 1 amide bonds. The Bertz CT molecular complexity index is 982. The maximum Gasteiger partial charge on any atom is 0.251 e. The van der Waals surface area contributed by atoms with Crippen molar-refractivity contribution in [1.29, 1.82) is 0 Å². The van der Waals surface area contributed by atoms with Crippen LogP contribution in [0.4, 0.5) is 5.69 Å². The Kier molecular flexibility index (Phi) is 5.39. The van der Waals surface area contributed by atoms with E-state index in [0.717, 1.165) is 16.9 Å². The molecular weight excluding hydrogens is 376 g/mol. The lowest BCUT2D eigenvalue weighted by Gasteiger charge is -2.38. The van der Waals surface area contributed by atoms with Gasteiger partial charge < -0.3 is 10.1 Å². The van der Waals surface area contributed by atoms with E-state index in [0.29, 0.717) is 17.7 Å². The van der Waals surface area contributed by atoms with Crippen LogP contribution in [0.25, 0.3) is 0 Å². The number of benzene rings is 2. The zero-order valence-electron chi connectivity index (χ0n) is 16.6. The molecule has 7 heteroatoms. The molecule has 2 aromatic carbocycles. The zero-order chi connectivity index (χ0) is 20.5. The van der Waals surface area contributed by atoms with Gasteiger partial charge in [-0.25, -0.2) is 8.42 Å². The first kappa shape index (κ1) is 20.2. The molecule has 0 saturated carbocycles. The number of sulfonamides is 1. The molecule has 0 aliphatic carbocycles. The fourth-order valence-electron chi connectivity index (χ4n) is 3.27. The quantitative estimate of drug-likeness (QED) is 0.797. The molecule has 28 heavy (non-hydrogen) atoms. The van der Waals surface area contributed by atoms with E-state index >= 15 is 0 Å². The number of ether oxygens (including phenoxy) is 1. The van der Waals surface area contributed by atoms with Gasteiger partial charge in [0.05, 0.1) is 11.8 Å². The monoisotopic (exact) mass is 402 g/mol. The number of anilines is 1. The molecule has 6 nitrogen and oxygen atoms in total. The largest absolute Gasteiger partial charge is 0.487 e. The third-order valence-corrected chi connectivity index (χ3v) is 6.04. The Morgan fingerprint density at radius 3 is 2.50 bits per heavy atom. The average Bonchev–Trinajstić information content (AvgIpc) is 2.60. The highest BCUT2D eigenvalue weighted by Crippen LogP contribution is 2.40. The van der Waals surface area contributed by atoms with Gasteiger partial charge in [-0.3, -0.25) is 9.52 Å². The van der Waals surface area contributed by atoms with Gasteiger partial charge in [-0.1, -0.05) is 12.1 Å². The Labute approximate surface area is 166 Å². The molecule has 1 heterocycles.